The van der Waals surface area contributed by atoms with E-state index < -0.39 is 40.0 Å². The van der Waals surface area contributed by atoms with Crippen molar-refractivity contribution in [1.82, 2.24) is 19.6 Å². The molecule has 0 bridgehead atoms. The second kappa shape index (κ2) is 14.4. The second-order valence-electron chi connectivity index (χ2n) is 11.8. The van der Waals surface area contributed by atoms with Crippen molar-refractivity contribution in [1.29, 1.82) is 0 Å². The first-order valence-electron chi connectivity index (χ1n) is 15.4. The zero-order valence-corrected chi connectivity index (χ0v) is 27.2. The number of Topliss-reactive ketones (excluding diaryl/α,β-unsaturated/α-hetero) is 1. The van der Waals surface area contributed by atoms with Crippen molar-refractivity contribution in [2.24, 2.45) is 5.73 Å². The van der Waals surface area contributed by atoms with Gasteiger partial charge in [0.05, 0.1) is 35.8 Å². The first-order valence-corrected chi connectivity index (χ1v) is 16.9. The van der Waals surface area contributed by atoms with Crippen LogP contribution >= 0.6 is 0 Å². The van der Waals surface area contributed by atoms with Gasteiger partial charge in [-0.15, -0.1) is 0 Å². The van der Waals surface area contributed by atoms with Crippen LogP contribution in [0.15, 0.2) is 78.0 Å². The van der Waals surface area contributed by atoms with E-state index in [-0.39, 0.29) is 23.1 Å². The van der Waals surface area contributed by atoms with Crippen LogP contribution in [0.25, 0.3) is 11.0 Å². The highest BCUT2D eigenvalue weighted by molar-refractivity contribution is 7.89. The fourth-order valence-corrected chi connectivity index (χ4v) is 7.16. The van der Waals surface area contributed by atoms with E-state index in [0.717, 1.165) is 37.5 Å². The molecule has 0 radical (unpaired) electrons. The third-order valence-electron chi connectivity index (χ3n) is 8.44. The van der Waals surface area contributed by atoms with Gasteiger partial charge in [-0.2, -0.15) is 4.72 Å². The fourth-order valence-electron chi connectivity index (χ4n) is 5.91. The Bertz CT molecular complexity index is 1840. The lowest BCUT2D eigenvalue weighted by molar-refractivity contribution is -0.141. The molecule has 0 saturated carbocycles. The number of imidazole rings is 1. The van der Waals surface area contributed by atoms with Crippen LogP contribution in [-0.2, 0) is 37.3 Å². The molecule has 0 spiro atoms. The van der Waals surface area contributed by atoms with Crippen molar-refractivity contribution in [3.05, 3.63) is 95.3 Å². The van der Waals surface area contributed by atoms with Gasteiger partial charge in [-0.25, -0.2) is 18.2 Å². The molecular formula is C34H39N5O7S. The number of amides is 1. The number of methoxy groups -OCH3 is 1. The monoisotopic (exact) mass is 661 g/mol. The number of nitrogens with two attached hydrogens (primary N) is 1. The molecular weight excluding hydrogens is 622 g/mol. The molecule has 2 heterocycles. The van der Waals surface area contributed by atoms with Crippen LogP contribution in [0, 0.1) is 6.92 Å². The largest absolute Gasteiger partial charge is 0.469 e. The summed E-state index contributed by atoms with van der Waals surface area (Å²) in [5, 5.41) is 0. The number of ketones is 1. The van der Waals surface area contributed by atoms with Gasteiger partial charge < -0.3 is 25.1 Å². The Kier molecular flexibility index (Phi) is 10.4. The number of sulfonamides is 1. The molecule has 1 aromatic heterocycles. The highest BCUT2D eigenvalue weighted by atomic mass is 32.2. The average Bonchev–Trinajstić information content (AvgIpc) is 3.55. The minimum atomic E-state index is -4.34. The van der Waals surface area contributed by atoms with E-state index in [0.29, 0.717) is 36.0 Å². The number of esters is 1. The van der Waals surface area contributed by atoms with E-state index in [2.05, 4.69) is 14.7 Å². The van der Waals surface area contributed by atoms with E-state index in [4.69, 9.17) is 15.2 Å². The maximum atomic E-state index is 14.3. The number of aromatic nitrogens is 2. The van der Waals surface area contributed by atoms with Crippen LogP contribution in [0.1, 0.15) is 59.2 Å². The summed E-state index contributed by atoms with van der Waals surface area (Å²) in [6.07, 6.45) is 3.66. The number of nitrogens with one attached hydrogen (secondary N) is 2. The quantitative estimate of drug-likeness (QED) is 0.113. The fraction of sp³-hybridized carbons (Fsp3) is 0.353. The number of benzene rings is 3. The lowest BCUT2D eigenvalue weighted by Crippen LogP contribution is -2.62. The minimum absolute atomic E-state index is 0.108. The molecule has 248 valence electrons. The minimum Gasteiger partial charge on any atom is -0.469 e. The number of carbonyl (C=O) groups is 3. The van der Waals surface area contributed by atoms with Gasteiger partial charge in [0.15, 0.2) is 11.4 Å². The molecule has 1 saturated heterocycles. The van der Waals surface area contributed by atoms with E-state index in [1.54, 1.807) is 29.2 Å². The molecule has 3 aromatic carbocycles. The molecule has 0 aliphatic carbocycles. The number of carbonyl (C=O) groups excluding carboxylic acids is 3. The van der Waals surface area contributed by atoms with Crippen LogP contribution in [0.4, 0.5) is 4.79 Å². The predicted octanol–water partition coefficient (Wildman–Crippen LogP) is 4.37. The Morgan fingerprint density at radius 1 is 1.06 bits per heavy atom. The van der Waals surface area contributed by atoms with E-state index in [9.17, 15) is 22.8 Å². The molecule has 12 nitrogen and oxygen atoms in total. The molecule has 1 aliphatic rings. The van der Waals surface area contributed by atoms with Crippen molar-refractivity contribution >= 4 is 38.9 Å². The summed E-state index contributed by atoms with van der Waals surface area (Å²) in [7, 11) is -3.21. The third-order valence-corrected chi connectivity index (χ3v) is 9.96. The van der Waals surface area contributed by atoms with Gasteiger partial charge in [0.25, 0.3) is 0 Å². The number of H-pyrrole nitrogens is 1. The summed E-state index contributed by atoms with van der Waals surface area (Å²) < 4.78 is 39.6. The van der Waals surface area contributed by atoms with Gasteiger partial charge in [-0.3, -0.25) is 9.59 Å². The Morgan fingerprint density at radius 3 is 2.53 bits per heavy atom. The average molecular weight is 662 g/mol. The van der Waals surface area contributed by atoms with Crippen LogP contribution < -0.4 is 10.5 Å². The molecule has 1 fully saturated rings. The van der Waals surface area contributed by atoms with Crippen LogP contribution in [0.5, 0.6) is 0 Å². The lowest BCUT2D eigenvalue weighted by Gasteiger charge is -2.35. The first-order chi connectivity index (χ1) is 22.5. The van der Waals surface area contributed by atoms with Crippen molar-refractivity contribution in [3.63, 3.8) is 0 Å². The molecule has 47 heavy (non-hydrogen) atoms. The van der Waals surface area contributed by atoms with Gasteiger partial charge in [0.1, 0.15) is 6.61 Å². The number of rotatable bonds is 12. The van der Waals surface area contributed by atoms with Gasteiger partial charge in [0.2, 0.25) is 10.0 Å². The SMILES string of the molecule is COC(=O)C[C@](N)(NS(=O)(=O)c1ccc(C)cc1)C(=O)c1ccc2[nH]cnc2c1CCC1CCCCN1C(=O)OCc1ccccc1. The maximum Gasteiger partial charge on any atom is 0.410 e. The summed E-state index contributed by atoms with van der Waals surface area (Å²) >= 11 is 0. The zero-order chi connectivity index (χ0) is 33.6. The Hall–Kier alpha value is -4.59. The molecule has 4 N–H and O–H groups in total. The molecule has 1 unspecified atom stereocenters. The Balaban J connectivity index is 1.42. The molecule has 1 amide bonds. The van der Waals surface area contributed by atoms with Crippen LogP contribution in [-0.4, -0.2) is 66.5 Å². The number of hydrogen-bond donors (Lipinski definition) is 3. The lowest BCUT2D eigenvalue weighted by atomic mass is 9.88. The van der Waals surface area contributed by atoms with E-state index in [1.165, 1.54) is 18.5 Å². The normalized spacial score (nSPS) is 16.4. The smallest absolute Gasteiger partial charge is 0.410 e. The highest BCUT2D eigenvalue weighted by Crippen LogP contribution is 2.29. The van der Waals surface area contributed by atoms with Gasteiger partial charge in [-0.1, -0.05) is 48.0 Å². The van der Waals surface area contributed by atoms with Gasteiger partial charge >= 0.3 is 12.1 Å². The maximum absolute atomic E-state index is 14.3. The number of fused-ring (bicyclic) bond motifs is 1. The molecule has 13 heteroatoms. The molecule has 4 aromatic rings. The Labute approximate surface area is 273 Å². The van der Waals surface area contributed by atoms with Crippen molar-refractivity contribution in [2.45, 2.75) is 68.7 Å². The summed E-state index contributed by atoms with van der Waals surface area (Å²) in [5.41, 5.74) is 7.68. The van der Waals surface area contributed by atoms with Crippen LogP contribution in [0.3, 0.4) is 0 Å². The van der Waals surface area contributed by atoms with Crippen LogP contribution in [0.2, 0.25) is 0 Å². The summed E-state index contributed by atoms with van der Waals surface area (Å²) in [6.45, 7) is 2.51. The van der Waals surface area contributed by atoms with Gasteiger partial charge in [-0.05, 0) is 74.4 Å². The summed E-state index contributed by atoms with van der Waals surface area (Å²) in [5.74, 6) is -1.69. The summed E-state index contributed by atoms with van der Waals surface area (Å²) in [6, 6.07) is 18.5. The number of piperidine rings is 1. The number of nitrogens with zero attached hydrogens (tertiary/aromatic N) is 2. The zero-order valence-electron chi connectivity index (χ0n) is 26.4. The number of likely N-dealkylation sites (tertiary alicyclic amines) is 1. The molecule has 5 rings (SSSR count). The van der Waals surface area contributed by atoms with E-state index in [1.807, 2.05) is 37.3 Å². The second-order valence-corrected chi connectivity index (χ2v) is 13.5. The number of ether oxygens (including phenoxy) is 2. The molecule has 2 atom stereocenters. The third kappa shape index (κ3) is 7.87. The first kappa shape index (κ1) is 33.8. The number of hydrogen-bond acceptors (Lipinski definition) is 9. The highest BCUT2D eigenvalue weighted by Gasteiger charge is 2.43. The van der Waals surface area contributed by atoms with Crippen molar-refractivity contribution < 1.29 is 32.3 Å². The molecule has 1 aliphatic heterocycles. The standard InChI is InChI=1S/C34H39N5O7S/c1-23-11-14-26(15-12-23)47(43,44)38-34(35,20-30(40)45-2)32(41)28-17-18-29-31(37-22-36-29)27(28)16-13-25-10-6-7-19-39(25)33(42)46-21-24-8-4-3-5-9-24/h3-5,8-9,11-12,14-15,17-18,22,25,38H,6-7,10,13,16,19-21,35H2,1-2H3,(H,36,37)/t25?,34-/m0/s1. The Morgan fingerprint density at radius 2 is 1.81 bits per heavy atom. The van der Waals surface area contributed by atoms with E-state index >= 15 is 0 Å². The van der Waals surface area contributed by atoms with Crippen molar-refractivity contribution in [2.75, 3.05) is 13.7 Å². The van der Waals surface area contributed by atoms with Crippen molar-refractivity contribution in [3.8, 4) is 0 Å². The predicted molar refractivity (Wildman–Crippen MR) is 175 cm³/mol. The summed E-state index contributed by atoms with van der Waals surface area (Å²) in [4.78, 5) is 49.1. The number of aryl methyl sites for hydroxylation is 2. The van der Waals surface area contributed by atoms with Gasteiger partial charge in [0, 0.05) is 18.2 Å². The topological polar surface area (TPSA) is 174 Å². The number of aromatic amines is 1.